The van der Waals surface area contributed by atoms with E-state index in [0.717, 1.165) is 29.7 Å². The van der Waals surface area contributed by atoms with Crippen molar-refractivity contribution in [3.05, 3.63) is 29.3 Å². The molecular weight excluding hydrogens is 280 g/mol. The first-order chi connectivity index (χ1) is 9.74. The lowest BCUT2D eigenvalue weighted by atomic mass is 9.92. The Balaban J connectivity index is 2.11. The summed E-state index contributed by atoms with van der Waals surface area (Å²) in [5.74, 6) is 1.06. The number of Topliss-reactive ketones (excluding diaryl/α,β-unsaturated/α-hetero) is 1. The van der Waals surface area contributed by atoms with E-state index in [0.29, 0.717) is 6.42 Å². The summed E-state index contributed by atoms with van der Waals surface area (Å²) in [6, 6.07) is 5.78. The van der Waals surface area contributed by atoms with Gasteiger partial charge < -0.3 is 9.16 Å². The molecule has 1 aliphatic carbocycles. The van der Waals surface area contributed by atoms with Gasteiger partial charge in [0.1, 0.15) is 5.75 Å². The fourth-order valence-corrected chi connectivity index (χ4v) is 3.34. The third-order valence-corrected chi connectivity index (χ3v) is 4.32. The number of aryl methyl sites for hydroxylation is 1. The molecule has 1 unspecified atom stereocenters. The Morgan fingerprint density at radius 1 is 1.24 bits per heavy atom. The summed E-state index contributed by atoms with van der Waals surface area (Å²) in [5.41, 5.74) is 2.11. The lowest BCUT2D eigenvalue weighted by Gasteiger charge is -2.28. The van der Waals surface area contributed by atoms with E-state index in [1.807, 2.05) is 18.2 Å². The van der Waals surface area contributed by atoms with Crippen molar-refractivity contribution in [1.29, 1.82) is 0 Å². The van der Waals surface area contributed by atoms with Crippen molar-refractivity contribution < 1.29 is 14.0 Å². The zero-order valence-electron chi connectivity index (χ0n) is 13.7. The van der Waals surface area contributed by atoms with Crippen molar-refractivity contribution in [1.82, 2.24) is 0 Å². The Morgan fingerprint density at radius 2 is 1.95 bits per heavy atom. The molecule has 0 amide bonds. The van der Waals surface area contributed by atoms with Crippen molar-refractivity contribution in [2.45, 2.75) is 59.4 Å². The number of ether oxygens (including phenoxy) is 1. The zero-order chi connectivity index (χ0) is 15.6. The lowest BCUT2D eigenvalue weighted by Crippen LogP contribution is -2.30. The Labute approximate surface area is 129 Å². The molecule has 3 nitrogen and oxygen atoms in total. The molecule has 116 valence electrons. The number of carbonyl (C=O) groups excluding carboxylic acids is 1. The predicted molar refractivity (Wildman–Crippen MR) is 87.5 cm³/mol. The van der Waals surface area contributed by atoms with Crippen LogP contribution in [0.1, 0.15) is 49.5 Å². The van der Waals surface area contributed by atoms with Gasteiger partial charge in [0.2, 0.25) is 0 Å². The Kier molecular flexibility index (Phi) is 4.89. The number of rotatable bonds is 5. The molecule has 0 bridgehead atoms. The number of carbonyl (C=O) groups is 1. The zero-order valence-corrected chi connectivity index (χ0v) is 14.9. The van der Waals surface area contributed by atoms with Gasteiger partial charge in [-0.3, -0.25) is 4.79 Å². The molecular formula is C17H26O3Si. The summed E-state index contributed by atoms with van der Waals surface area (Å²) in [5, 5.41) is 0. The van der Waals surface area contributed by atoms with Gasteiger partial charge in [0.25, 0.3) is 0 Å². The third-order valence-electron chi connectivity index (χ3n) is 3.47. The SMILES string of the molecule is C[SiH](C)OC(CC(C)(C)C)Oc1ccc2c(c1)CCC2=O. The fraction of sp³-hybridized carbons (Fsp3) is 0.588. The minimum atomic E-state index is -1.17. The molecule has 1 aromatic carbocycles. The molecule has 0 radical (unpaired) electrons. The van der Waals surface area contributed by atoms with E-state index >= 15 is 0 Å². The van der Waals surface area contributed by atoms with Gasteiger partial charge in [-0.05, 0) is 48.7 Å². The molecule has 0 saturated heterocycles. The highest BCUT2D eigenvalue weighted by molar-refractivity contribution is 6.48. The van der Waals surface area contributed by atoms with Gasteiger partial charge in [-0.1, -0.05) is 20.8 Å². The van der Waals surface area contributed by atoms with E-state index in [1.54, 1.807) is 0 Å². The van der Waals surface area contributed by atoms with E-state index in [9.17, 15) is 4.79 Å². The van der Waals surface area contributed by atoms with Gasteiger partial charge in [0.15, 0.2) is 21.1 Å². The molecule has 0 heterocycles. The molecule has 1 aliphatic rings. The van der Waals surface area contributed by atoms with Gasteiger partial charge in [-0.15, -0.1) is 0 Å². The smallest absolute Gasteiger partial charge is 0.191 e. The highest BCUT2D eigenvalue weighted by Crippen LogP contribution is 2.29. The maximum atomic E-state index is 11.7. The molecule has 1 aromatic rings. The van der Waals surface area contributed by atoms with Crippen molar-refractivity contribution in [3.8, 4) is 5.75 Å². The van der Waals surface area contributed by atoms with Crippen molar-refractivity contribution in [3.63, 3.8) is 0 Å². The van der Waals surface area contributed by atoms with Crippen LogP contribution in [0, 0.1) is 5.41 Å². The number of benzene rings is 1. The summed E-state index contributed by atoms with van der Waals surface area (Å²) in [7, 11) is -1.17. The standard InChI is InChI=1S/C17H26O3Si/c1-17(2,3)11-16(20-21(4)5)19-13-7-8-14-12(10-13)6-9-15(14)18/h7-8,10,16,21H,6,9,11H2,1-5H3. The first-order valence-electron chi connectivity index (χ1n) is 7.73. The van der Waals surface area contributed by atoms with Crippen LogP contribution in [0.5, 0.6) is 5.75 Å². The van der Waals surface area contributed by atoms with Gasteiger partial charge in [-0.2, -0.15) is 0 Å². The molecule has 21 heavy (non-hydrogen) atoms. The number of ketones is 1. The Hall–Kier alpha value is -1.13. The van der Waals surface area contributed by atoms with Crippen LogP contribution >= 0.6 is 0 Å². The average molecular weight is 306 g/mol. The summed E-state index contributed by atoms with van der Waals surface area (Å²) in [6.45, 7) is 10.9. The topological polar surface area (TPSA) is 35.5 Å². The molecule has 0 aromatic heterocycles. The summed E-state index contributed by atoms with van der Waals surface area (Å²) >= 11 is 0. The number of hydrogen-bond donors (Lipinski definition) is 0. The van der Waals surface area contributed by atoms with Gasteiger partial charge >= 0.3 is 0 Å². The van der Waals surface area contributed by atoms with E-state index in [2.05, 4.69) is 33.9 Å². The van der Waals surface area contributed by atoms with Crippen LogP contribution in [0.3, 0.4) is 0 Å². The van der Waals surface area contributed by atoms with Crippen LogP contribution < -0.4 is 4.74 Å². The van der Waals surface area contributed by atoms with Crippen molar-refractivity contribution in [2.24, 2.45) is 5.41 Å². The van der Waals surface area contributed by atoms with Gasteiger partial charge in [0, 0.05) is 18.4 Å². The van der Waals surface area contributed by atoms with Gasteiger partial charge in [0.05, 0.1) is 0 Å². The maximum absolute atomic E-state index is 11.7. The minimum Gasteiger partial charge on any atom is -0.466 e. The third kappa shape index (κ3) is 4.68. The molecule has 0 N–H and O–H groups in total. The molecule has 1 atom stereocenters. The van der Waals surface area contributed by atoms with Crippen LogP contribution in [0.4, 0.5) is 0 Å². The average Bonchev–Trinajstić information content (AvgIpc) is 2.67. The van der Waals surface area contributed by atoms with Crippen molar-refractivity contribution >= 4 is 14.8 Å². The monoisotopic (exact) mass is 306 g/mol. The number of hydrogen-bond acceptors (Lipinski definition) is 3. The fourth-order valence-electron chi connectivity index (χ4n) is 2.58. The quantitative estimate of drug-likeness (QED) is 0.610. The van der Waals surface area contributed by atoms with Crippen LogP contribution in [0.15, 0.2) is 18.2 Å². The van der Waals surface area contributed by atoms with Crippen LogP contribution in [-0.2, 0) is 10.8 Å². The van der Waals surface area contributed by atoms with E-state index in [-0.39, 0.29) is 17.5 Å². The molecule has 0 spiro atoms. The van der Waals surface area contributed by atoms with E-state index in [1.165, 1.54) is 0 Å². The highest BCUT2D eigenvalue weighted by Gasteiger charge is 2.24. The van der Waals surface area contributed by atoms with Crippen molar-refractivity contribution in [2.75, 3.05) is 0 Å². The molecule has 0 aliphatic heterocycles. The minimum absolute atomic E-state index is 0.153. The molecule has 2 rings (SSSR count). The first kappa shape index (κ1) is 16.2. The summed E-state index contributed by atoms with van der Waals surface area (Å²) in [6.07, 6.45) is 2.11. The normalized spacial score (nSPS) is 16.2. The molecule has 4 heteroatoms. The molecule has 0 saturated carbocycles. The lowest BCUT2D eigenvalue weighted by molar-refractivity contribution is -0.0247. The molecule has 0 fully saturated rings. The second kappa shape index (κ2) is 6.32. The van der Waals surface area contributed by atoms with E-state index < -0.39 is 9.04 Å². The van der Waals surface area contributed by atoms with E-state index in [4.69, 9.17) is 9.16 Å². The largest absolute Gasteiger partial charge is 0.466 e. The highest BCUT2D eigenvalue weighted by atomic mass is 28.3. The van der Waals surface area contributed by atoms with Crippen LogP contribution in [0.25, 0.3) is 0 Å². The Bertz CT molecular complexity index is 517. The van der Waals surface area contributed by atoms with Crippen LogP contribution in [0.2, 0.25) is 13.1 Å². The Morgan fingerprint density at radius 3 is 2.57 bits per heavy atom. The second-order valence-corrected chi connectivity index (χ2v) is 9.61. The summed E-state index contributed by atoms with van der Waals surface area (Å²) < 4.78 is 12.1. The van der Waals surface area contributed by atoms with Crippen LogP contribution in [-0.4, -0.2) is 21.1 Å². The number of fused-ring (bicyclic) bond motifs is 1. The van der Waals surface area contributed by atoms with Gasteiger partial charge in [-0.25, -0.2) is 0 Å². The second-order valence-electron chi connectivity index (χ2n) is 7.24. The maximum Gasteiger partial charge on any atom is 0.191 e. The summed E-state index contributed by atoms with van der Waals surface area (Å²) in [4.78, 5) is 11.7. The predicted octanol–water partition coefficient (Wildman–Crippen LogP) is 3.96. The first-order valence-corrected chi connectivity index (χ1v) is 10.5.